The average molecular weight is 511 g/mol. The van der Waals surface area contributed by atoms with Gasteiger partial charge in [0.15, 0.2) is 0 Å². The fourth-order valence-corrected chi connectivity index (χ4v) is 4.53. The van der Waals surface area contributed by atoms with Crippen molar-refractivity contribution < 1.29 is 9.59 Å². The van der Waals surface area contributed by atoms with Crippen molar-refractivity contribution >= 4 is 35.0 Å². The Morgan fingerprint density at radius 1 is 0.857 bits per heavy atom. The molecule has 0 aliphatic heterocycles. The Morgan fingerprint density at radius 3 is 1.97 bits per heavy atom. The van der Waals surface area contributed by atoms with Crippen molar-refractivity contribution in [3.05, 3.63) is 106 Å². The number of benzene rings is 3. The van der Waals surface area contributed by atoms with E-state index in [1.54, 1.807) is 17.0 Å². The van der Waals surface area contributed by atoms with Crippen molar-refractivity contribution in [3.63, 3.8) is 0 Å². The molecule has 0 fully saturated rings. The van der Waals surface area contributed by atoms with Crippen LogP contribution in [0.5, 0.6) is 0 Å². The van der Waals surface area contributed by atoms with Gasteiger partial charge in [0.1, 0.15) is 6.04 Å². The predicted molar refractivity (Wildman–Crippen MR) is 144 cm³/mol. The van der Waals surface area contributed by atoms with Crippen LogP contribution in [-0.4, -0.2) is 29.3 Å². The fourth-order valence-electron chi connectivity index (χ4n) is 4.21. The molecule has 0 aliphatic carbocycles. The molecule has 0 bridgehead atoms. The van der Waals surface area contributed by atoms with Gasteiger partial charge in [0, 0.05) is 25.4 Å². The highest BCUT2D eigenvalue weighted by atomic mass is 35.5. The first kappa shape index (κ1) is 26.8. The summed E-state index contributed by atoms with van der Waals surface area (Å²) >= 11 is 12.4. The topological polar surface area (TPSA) is 49.4 Å². The number of carbonyl (C=O) groups is 2. The summed E-state index contributed by atoms with van der Waals surface area (Å²) in [4.78, 5) is 28.7. The molecule has 1 N–H and O–H groups in total. The summed E-state index contributed by atoms with van der Waals surface area (Å²) in [6.07, 6.45) is 1.57. The summed E-state index contributed by atoms with van der Waals surface area (Å²) in [6, 6.07) is 24.8. The molecule has 1 atom stereocenters. The van der Waals surface area contributed by atoms with Crippen LogP contribution >= 0.6 is 23.2 Å². The second-order valence-electron chi connectivity index (χ2n) is 8.56. The van der Waals surface area contributed by atoms with Gasteiger partial charge in [0.2, 0.25) is 11.8 Å². The summed E-state index contributed by atoms with van der Waals surface area (Å²) in [6.45, 7) is 4.77. The Bertz CT molecular complexity index is 1070. The molecule has 3 aromatic rings. The van der Waals surface area contributed by atoms with Crippen LogP contribution in [0.3, 0.4) is 0 Å². The van der Waals surface area contributed by atoms with E-state index in [0.29, 0.717) is 23.0 Å². The lowest BCUT2D eigenvalue weighted by Gasteiger charge is -2.32. The Kier molecular flexibility index (Phi) is 10.2. The number of nitrogens with zero attached hydrogens (tertiary/aromatic N) is 1. The zero-order valence-corrected chi connectivity index (χ0v) is 21.7. The van der Waals surface area contributed by atoms with E-state index in [1.807, 2.05) is 80.6 Å². The highest BCUT2D eigenvalue weighted by Crippen LogP contribution is 2.30. The van der Waals surface area contributed by atoms with Crippen LogP contribution in [0.15, 0.2) is 78.9 Å². The molecule has 184 valence electrons. The third-order valence-electron chi connectivity index (χ3n) is 6.05. The molecular formula is C29H32Cl2N2O2. The molecule has 0 radical (unpaired) electrons. The molecule has 0 unspecified atom stereocenters. The summed E-state index contributed by atoms with van der Waals surface area (Å²) < 4.78 is 0. The van der Waals surface area contributed by atoms with E-state index in [2.05, 4.69) is 5.32 Å². The number of carbonyl (C=O) groups excluding carboxylic acids is 2. The standard InChI is InChI=1S/C29H32Cl2N2O2/c1-3-17-32-29(35)27(4-2)33(20-21-15-16-25(30)26(31)18-21)28(34)19-24(22-11-7-5-8-12-22)23-13-9-6-10-14-23/h5-16,18,24,27H,3-4,17,19-20H2,1-2H3,(H,32,35)/t27-/m0/s1. The minimum atomic E-state index is -0.587. The van der Waals surface area contributed by atoms with Gasteiger partial charge in [-0.15, -0.1) is 0 Å². The van der Waals surface area contributed by atoms with E-state index in [-0.39, 0.29) is 30.7 Å². The van der Waals surface area contributed by atoms with Gasteiger partial charge in [0.25, 0.3) is 0 Å². The lowest BCUT2D eigenvalue weighted by atomic mass is 9.88. The van der Waals surface area contributed by atoms with E-state index < -0.39 is 6.04 Å². The molecule has 6 heteroatoms. The first-order valence-corrected chi connectivity index (χ1v) is 12.8. The number of nitrogens with one attached hydrogen (secondary N) is 1. The second-order valence-corrected chi connectivity index (χ2v) is 9.38. The van der Waals surface area contributed by atoms with Crippen LogP contribution < -0.4 is 5.32 Å². The van der Waals surface area contributed by atoms with E-state index in [4.69, 9.17) is 23.2 Å². The van der Waals surface area contributed by atoms with Gasteiger partial charge >= 0.3 is 0 Å². The molecule has 0 saturated carbocycles. The number of halogens is 2. The van der Waals surface area contributed by atoms with Crippen LogP contribution in [0.4, 0.5) is 0 Å². The monoisotopic (exact) mass is 510 g/mol. The van der Waals surface area contributed by atoms with Crippen molar-refractivity contribution in [2.24, 2.45) is 0 Å². The van der Waals surface area contributed by atoms with Gasteiger partial charge in [-0.05, 0) is 41.7 Å². The summed E-state index contributed by atoms with van der Waals surface area (Å²) in [5.41, 5.74) is 2.94. The Labute approximate surface area is 218 Å². The Hall–Kier alpha value is -2.82. The third-order valence-corrected chi connectivity index (χ3v) is 6.79. The molecule has 2 amide bonds. The van der Waals surface area contributed by atoms with E-state index >= 15 is 0 Å². The first-order chi connectivity index (χ1) is 16.9. The second kappa shape index (κ2) is 13.3. The minimum absolute atomic E-state index is 0.0905. The Balaban J connectivity index is 1.95. The lowest BCUT2D eigenvalue weighted by molar-refractivity contribution is -0.141. The molecule has 0 saturated heterocycles. The third kappa shape index (κ3) is 7.33. The number of hydrogen-bond acceptors (Lipinski definition) is 2. The first-order valence-electron chi connectivity index (χ1n) is 12.1. The average Bonchev–Trinajstić information content (AvgIpc) is 2.88. The quantitative estimate of drug-likeness (QED) is 0.306. The summed E-state index contributed by atoms with van der Waals surface area (Å²) in [5.74, 6) is -0.358. The van der Waals surface area contributed by atoms with Crippen molar-refractivity contribution in [1.82, 2.24) is 10.2 Å². The highest BCUT2D eigenvalue weighted by molar-refractivity contribution is 6.42. The molecule has 0 heterocycles. The van der Waals surface area contributed by atoms with Crippen molar-refractivity contribution in [1.29, 1.82) is 0 Å². The number of hydrogen-bond donors (Lipinski definition) is 1. The zero-order valence-electron chi connectivity index (χ0n) is 20.2. The fraction of sp³-hybridized carbons (Fsp3) is 0.310. The van der Waals surface area contributed by atoms with Crippen LogP contribution in [0.1, 0.15) is 55.7 Å². The van der Waals surface area contributed by atoms with Crippen LogP contribution in [0, 0.1) is 0 Å². The van der Waals surface area contributed by atoms with E-state index in [1.165, 1.54) is 0 Å². The maximum atomic E-state index is 13.9. The summed E-state index contributed by atoms with van der Waals surface area (Å²) in [7, 11) is 0. The van der Waals surface area contributed by atoms with Gasteiger partial charge in [-0.25, -0.2) is 0 Å². The molecule has 3 rings (SSSR count). The van der Waals surface area contributed by atoms with E-state index in [9.17, 15) is 9.59 Å². The van der Waals surface area contributed by atoms with Gasteiger partial charge in [-0.1, -0.05) is 104 Å². The Morgan fingerprint density at radius 2 is 1.46 bits per heavy atom. The maximum absolute atomic E-state index is 13.9. The number of amides is 2. The molecule has 35 heavy (non-hydrogen) atoms. The zero-order chi connectivity index (χ0) is 25.2. The SMILES string of the molecule is CCCNC(=O)[C@H](CC)N(Cc1ccc(Cl)c(Cl)c1)C(=O)CC(c1ccccc1)c1ccccc1. The largest absolute Gasteiger partial charge is 0.354 e. The van der Waals surface area contributed by atoms with Crippen molar-refractivity contribution in [3.8, 4) is 0 Å². The normalized spacial score (nSPS) is 11.8. The van der Waals surface area contributed by atoms with Crippen molar-refractivity contribution in [2.45, 2.75) is 51.6 Å². The molecule has 0 spiro atoms. The van der Waals surface area contributed by atoms with Crippen molar-refractivity contribution in [2.75, 3.05) is 6.54 Å². The smallest absolute Gasteiger partial charge is 0.242 e. The highest BCUT2D eigenvalue weighted by Gasteiger charge is 2.30. The maximum Gasteiger partial charge on any atom is 0.242 e. The van der Waals surface area contributed by atoms with Crippen LogP contribution in [0.25, 0.3) is 0 Å². The van der Waals surface area contributed by atoms with Gasteiger partial charge < -0.3 is 10.2 Å². The van der Waals surface area contributed by atoms with Gasteiger partial charge in [0.05, 0.1) is 10.0 Å². The molecular weight excluding hydrogens is 479 g/mol. The number of rotatable bonds is 11. The lowest BCUT2D eigenvalue weighted by Crippen LogP contribution is -2.49. The molecule has 3 aromatic carbocycles. The molecule has 0 aliphatic rings. The summed E-state index contributed by atoms with van der Waals surface area (Å²) in [5, 5.41) is 3.84. The molecule has 4 nitrogen and oxygen atoms in total. The molecule has 0 aromatic heterocycles. The van der Waals surface area contributed by atoms with E-state index in [0.717, 1.165) is 23.1 Å². The van der Waals surface area contributed by atoms with Gasteiger partial charge in [-0.3, -0.25) is 9.59 Å². The van der Waals surface area contributed by atoms with Crippen LogP contribution in [-0.2, 0) is 16.1 Å². The van der Waals surface area contributed by atoms with Crippen LogP contribution in [0.2, 0.25) is 10.0 Å². The van der Waals surface area contributed by atoms with Gasteiger partial charge in [-0.2, -0.15) is 0 Å². The minimum Gasteiger partial charge on any atom is -0.354 e. The predicted octanol–water partition coefficient (Wildman–Crippen LogP) is 6.85.